The molecule has 1 heterocycles. The molecule has 116 valence electrons. The summed E-state index contributed by atoms with van der Waals surface area (Å²) in [5.74, 6) is 0. The van der Waals surface area contributed by atoms with Crippen molar-refractivity contribution in [2.75, 3.05) is 0 Å². The van der Waals surface area contributed by atoms with Crippen LogP contribution in [0.25, 0.3) is 16.8 Å². The predicted octanol–water partition coefficient (Wildman–Crippen LogP) is 3.70. The van der Waals surface area contributed by atoms with Gasteiger partial charge < -0.3 is 0 Å². The van der Waals surface area contributed by atoms with E-state index in [1.54, 1.807) is 37.3 Å². The summed E-state index contributed by atoms with van der Waals surface area (Å²) < 4.78 is 1.30. The minimum atomic E-state index is -0.496. The molecule has 0 fully saturated rings. The van der Waals surface area contributed by atoms with Crippen molar-refractivity contribution in [3.05, 3.63) is 79.7 Å². The summed E-state index contributed by atoms with van der Waals surface area (Å²) in [7, 11) is 0. The third kappa shape index (κ3) is 2.76. The SMILES string of the molecule is Cc1[nH]n(-c2cccc([N+](=O)[O-])c2)c(=O)c1-c1ccc(Cl)cc1. The Morgan fingerprint density at radius 2 is 1.87 bits per heavy atom. The van der Waals surface area contributed by atoms with Crippen molar-refractivity contribution in [3.8, 4) is 16.8 Å². The Hall–Kier alpha value is -2.86. The van der Waals surface area contributed by atoms with Crippen molar-refractivity contribution in [1.82, 2.24) is 9.78 Å². The van der Waals surface area contributed by atoms with Crippen LogP contribution < -0.4 is 5.56 Å². The van der Waals surface area contributed by atoms with Crippen LogP contribution in [0.5, 0.6) is 0 Å². The number of aromatic nitrogens is 2. The molecule has 0 atom stereocenters. The van der Waals surface area contributed by atoms with E-state index in [0.29, 0.717) is 22.0 Å². The molecule has 0 aliphatic carbocycles. The first-order chi connectivity index (χ1) is 11.0. The molecule has 0 saturated carbocycles. The van der Waals surface area contributed by atoms with Gasteiger partial charge in [-0.05, 0) is 30.7 Å². The number of halogens is 1. The number of nitro benzene ring substituents is 1. The van der Waals surface area contributed by atoms with E-state index in [1.807, 2.05) is 0 Å². The first-order valence-corrected chi connectivity index (χ1v) is 7.17. The summed E-state index contributed by atoms with van der Waals surface area (Å²) in [5, 5.41) is 14.4. The number of rotatable bonds is 3. The summed E-state index contributed by atoms with van der Waals surface area (Å²) in [6.45, 7) is 1.78. The number of aryl methyl sites for hydroxylation is 1. The normalized spacial score (nSPS) is 10.7. The molecule has 2 aromatic carbocycles. The van der Waals surface area contributed by atoms with E-state index in [2.05, 4.69) is 5.10 Å². The average molecular weight is 330 g/mol. The molecule has 7 heteroatoms. The Kier molecular flexibility index (Phi) is 3.75. The lowest BCUT2D eigenvalue weighted by Crippen LogP contribution is -2.15. The summed E-state index contributed by atoms with van der Waals surface area (Å²) >= 11 is 5.87. The van der Waals surface area contributed by atoms with Gasteiger partial charge in [-0.25, -0.2) is 4.68 Å². The fourth-order valence-corrected chi connectivity index (χ4v) is 2.56. The van der Waals surface area contributed by atoms with E-state index in [0.717, 1.165) is 5.56 Å². The van der Waals surface area contributed by atoms with Crippen LogP contribution in [0.4, 0.5) is 5.69 Å². The van der Waals surface area contributed by atoms with Gasteiger partial charge in [0.05, 0.1) is 16.2 Å². The van der Waals surface area contributed by atoms with E-state index in [-0.39, 0.29) is 11.2 Å². The first-order valence-electron chi connectivity index (χ1n) is 6.80. The largest absolute Gasteiger partial charge is 0.295 e. The molecule has 23 heavy (non-hydrogen) atoms. The Morgan fingerprint density at radius 3 is 2.52 bits per heavy atom. The van der Waals surface area contributed by atoms with Gasteiger partial charge in [0.25, 0.3) is 11.2 Å². The van der Waals surface area contributed by atoms with Crippen molar-refractivity contribution in [1.29, 1.82) is 0 Å². The van der Waals surface area contributed by atoms with E-state index >= 15 is 0 Å². The second-order valence-corrected chi connectivity index (χ2v) is 5.47. The minimum absolute atomic E-state index is 0.0744. The number of benzene rings is 2. The van der Waals surface area contributed by atoms with Gasteiger partial charge in [-0.2, -0.15) is 0 Å². The van der Waals surface area contributed by atoms with Gasteiger partial charge >= 0.3 is 0 Å². The molecule has 6 nitrogen and oxygen atoms in total. The molecule has 1 aromatic heterocycles. The number of hydrogen-bond acceptors (Lipinski definition) is 3. The fourth-order valence-electron chi connectivity index (χ4n) is 2.43. The van der Waals surface area contributed by atoms with Crippen molar-refractivity contribution in [2.45, 2.75) is 6.92 Å². The molecule has 3 rings (SSSR count). The maximum Gasteiger partial charge on any atom is 0.279 e. The number of nitro groups is 1. The van der Waals surface area contributed by atoms with E-state index < -0.39 is 4.92 Å². The molecule has 0 bridgehead atoms. The summed E-state index contributed by atoms with van der Waals surface area (Å²) in [6, 6.07) is 12.8. The van der Waals surface area contributed by atoms with Crippen molar-refractivity contribution < 1.29 is 4.92 Å². The third-order valence-electron chi connectivity index (χ3n) is 3.50. The third-order valence-corrected chi connectivity index (χ3v) is 3.76. The van der Waals surface area contributed by atoms with Crippen LogP contribution in [0.3, 0.4) is 0 Å². The second kappa shape index (κ2) is 5.73. The van der Waals surface area contributed by atoms with E-state index in [1.165, 1.54) is 22.9 Å². The Bertz CT molecular complexity index is 942. The Labute approximate surface area is 136 Å². The van der Waals surface area contributed by atoms with Crippen LogP contribution in [0, 0.1) is 17.0 Å². The zero-order chi connectivity index (χ0) is 16.6. The maximum absolute atomic E-state index is 12.7. The van der Waals surface area contributed by atoms with Crippen LogP contribution in [0.1, 0.15) is 5.69 Å². The summed E-state index contributed by atoms with van der Waals surface area (Å²) in [5.41, 5.74) is 1.97. The Morgan fingerprint density at radius 1 is 1.17 bits per heavy atom. The number of H-pyrrole nitrogens is 1. The highest BCUT2D eigenvalue weighted by atomic mass is 35.5. The molecular formula is C16H12ClN3O3. The Balaban J connectivity index is 2.15. The molecule has 0 aliphatic heterocycles. The number of non-ortho nitro benzene ring substituents is 1. The zero-order valence-corrected chi connectivity index (χ0v) is 12.9. The lowest BCUT2D eigenvalue weighted by Gasteiger charge is -2.01. The monoisotopic (exact) mass is 329 g/mol. The van der Waals surface area contributed by atoms with Gasteiger partial charge in [0.2, 0.25) is 0 Å². The maximum atomic E-state index is 12.7. The van der Waals surface area contributed by atoms with Gasteiger partial charge in [-0.3, -0.25) is 20.0 Å². The van der Waals surface area contributed by atoms with Crippen LogP contribution in [0.15, 0.2) is 53.3 Å². The molecule has 1 N–H and O–H groups in total. The molecule has 3 aromatic rings. The van der Waals surface area contributed by atoms with Crippen molar-refractivity contribution in [3.63, 3.8) is 0 Å². The second-order valence-electron chi connectivity index (χ2n) is 5.04. The van der Waals surface area contributed by atoms with Gasteiger partial charge in [-0.1, -0.05) is 29.8 Å². The first kappa shape index (κ1) is 15.1. The number of nitrogens with zero attached hydrogens (tertiary/aromatic N) is 2. The lowest BCUT2D eigenvalue weighted by atomic mass is 10.1. The van der Waals surface area contributed by atoms with Gasteiger partial charge in [-0.15, -0.1) is 0 Å². The highest BCUT2D eigenvalue weighted by Crippen LogP contribution is 2.22. The minimum Gasteiger partial charge on any atom is -0.295 e. The quantitative estimate of drug-likeness (QED) is 0.587. The molecule has 0 spiro atoms. The summed E-state index contributed by atoms with van der Waals surface area (Å²) in [4.78, 5) is 23.1. The molecule has 0 unspecified atom stereocenters. The highest BCUT2D eigenvalue weighted by molar-refractivity contribution is 6.30. The number of hydrogen-bond donors (Lipinski definition) is 1. The van der Waals surface area contributed by atoms with Gasteiger partial charge in [0.15, 0.2) is 0 Å². The smallest absolute Gasteiger partial charge is 0.279 e. The molecule has 0 aliphatic rings. The van der Waals surface area contributed by atoms with Crippen LogP contribution in [-0.4, -0.2) is 14.7 Å². The predicted molar refractivity (Wildman–Crippen MR) is 88.2 cm³/mol. The van der Waals surface area contributed by atoms with Crippen LogP contribution in [0.2, 0.25) is 5.02 Å². The van der Waals surface area contributed by atoms with Gasteiger partial charge in [0, 0.05) is 22.8 Å². The molecule has 0 saturated heterocycles. The topological polar surface area (TPSA) is 80.9 Å². The van der Waals surface area contributed by atoms with E-state index in [4.69, 9.17) is 11.6 Å². The van der Waals surface area contributed by atoms with Crippen LogP contribution >= 0.6 is 11.6 Å². The van der Waals surface area contributed by atoms with Crippen molar-refractivity contribution >= 4 is 17.3 Å². The fraction of sp³-hybridized carbons (Fsp3) is 0.0625. The van der Waals surface area contributed by atoms with E-state index in [9.17, 15) is 14.9 Å². The molecule has 0 radical (unpaired) electrons. The summed E-state index contributed by atoms with van der Waals surface area (Å²) in [6.07, 6.45) is 0. The molecule has 0 amide bonds. The standard InChI is InChI=1S/C16H12ClN3O3/c1-10-15(11-5-7-12(17)8-6-11)16(21)19(18-10)13-3-2-4-14(9-13)20(22)23/h2-9,18H,1H3. The number of aromatic amines is 1. The zero-order valence-electron chi connectivity index (χ0n) is 12.1. The lowest BCUT2D eigenvalue weighted by molar-refractivity contribution is -0.384. The average Bonchev–Trinajstić information content (AvgIpc) is 2.83. The van der Waals surface area contributed by atoms with Gasteiger partial charge in [0.1, 0.15) is 0 Å². The molecular weight excluding hydrogens is 318 g/mol. The highest BCUT2D eigenvalue weighted by Gasteiger charge is 2.16. The van der Waals surface area contributed by atoms with Crippen molar-refractivity contribution in [2.24, 2.45) is 0 Å². The number of nitrogens with one attached hydrogen (secondary N) is 1. The van der Waals surface area contributed by atoms with Crippen LogP contribution in [-0.2, 0) is 0 Å².